The number of pyridine rings is 1. The monoisotopic (exact) mass is 243 g/mol. The van der Waals surface area contributed by atoms with Gasteiger partial charge in [-0.2, -0.15) is 0 Å². The minimum atomic E-state index is -0.335. The topological polar surface area (TPSA) is 30.0 Å². The Hall–Kier alpha value is -2.03. The number of hydrogen-bond acceptors (Lipinski definition) is 2. The van der Waals surface area contributed by atoms with Crippen molar-refractivity contribution in [1.29, 1.82) is 0 Å². The summed E-state index contributed by atoms with van der Waals surface area (Å²) in [6.07, 6.45) is 2.63. The number of ketones is 1. The van der Waals surface area contributed by atoms with E-state index in [1.807, 2.05) is 18.2 Å². The maximum Gasteiger partial charge on any atom is 0.163 e. The molecular formula is C15H14FNO. The molecule has 0 fully saturated rings. The summed E-state index contributed by atoms with van der Waals surface area (Å²) in [4.78, 5) is 16.0. The number of aromatic nitrogens is 1. The van der Waals surface area contributed by atoms with Gasteiger partial charge < -0.3 is 0 Å². The van der Waals surface area contributed by atoms with Gasteiger partial charge >= 0.3 is 0 Å². The molecule has 18 heavy (non-hydrogen) atoms. The lowest BCUT2D eigenvalue weighted by Gasteiger charge is -2.03. The second-order valence-electron chi connectivity index (χ2n) is 4.21. The Morgan fingerprint density at radius 3 is 2.78 bits per heavy atom. The third-order valence-corrected chi connectivity index (χ3v) is 2.83. The molecule has 2 nitrogen and oxygen atoms in total. The van der Waals surface area contributed by atoms with E-state index < -0.39 is 0 Å². The molecule has 0 radical (unpaired) electrons. The molecule has 0 amide bonds. The predicted molar refractivity (Wildman–Crippen MR) is 68.0 cm³/mol. The van der Waals surface area contributed by atoms with Crippen LogP contribution in [0, 0.1) is 12.7 Å². The van der Waals surface area contributed by atoms with E-state index in [0.717, 1.165) is 5.69 Å². The van der Waals surface area contributed by atoms with E-state index in [9.17, 15) is 9.18 Å². The van der Waals surface area contributed by atoms with Crippen molar-refractivity contribution in [2.45, 2.75) is 19.8 Å². The molecule has 0 bridgehead atoms. The van der Waals surface area contributed by atoms with Crippen molar-refractivity contribution >= 4 is 5.78 Å². The molecule has 0 atom stereocenters. The van der Waals surface area contributed by atoms with Gasteiger partial charge in [0.15, 0.2) is 5.78 Å². The lowest BCUT2D eigenvalue weighted by molar-refractivity contribution is 0.0982. The minimum absolute atomic E-state index is 0.0560. The lowest BCUT2D eigenvalue weighted by atomic mass is 10.0. The largest absolute Gasteiger partial charge is 0.294 e. The zero-order valence-corrected chi connectivity index (χ0v) is 10.2. The summed E-state index contributed by atoms with van der Waals surface area (Å²) in [6.45, 7) is 1.68. The van der Waals surface area contributed by atoms with Gasteiger partial charge in [0.05, 0.1) is 0 Å². The van der Waals surface area contributed by atoms with Crippen molar-refractivity contribution in [3.8, 4) is 0 Å². The van der Waals surface area contributed by atoms with Crippen LogP contribution >= 0.6 is 0 Å². The van der Waals surface area contributed by atoms with Crippen LogP contribution in [0.15, 0.2) is 42.6 Å². The first-order chi connectivity index (χ1) is 8.66. The Labute approximate surface area is 105 Å². The van der Waals surface area contributed by atoms with E-state index in [4.69, 9.17) is 0 Å². The van der Waals surface area contributed by atoms with E-state index in [-0.39, 0.29) is 11.6 Å². The Balaban J connectivity index is 2.02. The first kappa shape index (κ1) is 12.4. The highest BCUT2D eigenvalue weighted by atomic mass is 19.1. The normalized spacial score (nSPS) is 10.3. The number of aryl methyl sites for hydroxylation is 2. The SMILES string of the molecule is Cc1ccc(C(=O)CCc2ccccn2)cc1F. The first-order valence-corrected chi connectivity index (χ1v) is 5.86. The highest BCUT2D eigenvalue weighted by Crippen LogP contribution is 2.12. The summed E-state index contributed by atoms with van der Waals surface area (Å²) in [5, 5.41) is 0. The van der Waals surface area contributed by atoms with Crippen LogP contribution < -0.4 is 0 Å². The Kier molecular flexibility index (Phi) is 3.82. The molecule has 92 valence electrons. The fraction of sp³-hybridized carbons (Fsp3) is 0.200. The number of hydrogen-bond donors (Lipinski definition) is 0. The van der Waals surface area contributed by atoms with Crippen LogP contribution in [0.25, 0.3) is 0 Å². The molecule has 0 saturated heterocycles. The predicted octanol–water partition coefficient (Wildman–Crippen LogP) is 3.34. The quantitative estimate of drug-likeness (QED) is 0.771. The van der Waals surface area contributed by atoms with Gasteiger partial charge in [-0.3, -0.25) is 9.78 Å². The van der Waals surface area contributed by atoms with Gasteiger partial charge in [0.25, 0.3) is 0 Å². The molecule has 1 aromatic heterocycles. The molecule has 0 N–H and O–H groups in total. The van der Waals surface area contributed by atoms with Crippen molar-refractivity contribution in [3.05, 3.63) is 65.2 Å². The minimum Gasteiger partial charge on any atom is -0.294 e. The molecule has 0 aliphatic rings. The number of carbonyl (C=O) groups is 1. The molecule has 0 unspecified atom stereocenters. The van der Waals surface area contributed by atoms with Crippen LogP contribution in [-0.4, -0.2) is 10.8 Å². The molecule has 0 aliphatic carbocycles. The molecule has 1 aromatic carbocycles. The summed E-state index contributed by atoms with van der Waals surface area (Å²) < 4.78 is 13.3. The molecule has 0 aliphatic heterocycles. The maximum absolute atomic E-state index is 13.3. The second kappa shape index (κ2) is 5.54. The van der Waals surface area contributed by atoms with Crippen LogP contribution in [0.1, 0.15) is 28.0 Å². The number of carbonyl (C=O) groups excluding carboxylic acids is 1. The van der Waals surface area contributed by atoms with E-state index in [1.54, 1.807) is 25.3 Å². The number of nitrogens with zero attached hydrogens (tertiary/aromatic N) is 1. The van der Waals surface area contributed by atoms with Gasteiger partial charge in [0.1, 0.15) is 5.82 Å². The van der Waals surface area contributed by atoms with Crippen LogP contribution in [-0.2, 0) is 6.42 Å². The second-order valence-corrected chi connectivity index (χ2v) is 4.21. The molecule has 3 heteroatoms. The summed E-state index contributed by atoms with van der Waals surface area (Å²) in [5.74, 6) is -0.391. The maximum atomic E-state index is 13.3. The van der Waals surface area contributed by atoms with E-state index in [0.29, 0.717) is 24.0 Å². The number of halogens is 1. The van der Waals surface area contributed by atoms with E-state index >= 15 is 0 Å². The van der Waals surface area contributed by atoms with Crippen LogP contribution in [0.4, 0.5) is 4.39 Å². The average molecular weight is 243 g/mol. The average Bonchev–Trinajstić information content (AvgIpc) is 2.40. The van der Waals surface area contributed by atoms with Crippen LogP contribution in [0.2, 0.25) is 0 Å². The van der Waals surface area contributed by atoms with Crippen molar-refractivity contribution in [2.75, 3.05) is 0 Å². The third-order valence-electron chi connectivity index (χ3n) is 2.83. The molecule has 2 rings (SSSR count). The van der Waals surface area contributed by atoms with Gasteiger partial charge in [-0.1, -0.05) is 18.2 Å². The van der Waals surface area contributed by atoms with Crippen molar-refractivity contribution < 1.29 is 9.18 Å². The number of rotatable bonds is 4. The standard InChI is InChI=1S/C15H14FNO/c1-11-5-6-12(10-14(11)16)15(18)8-7-13-4-2-3-9-17-13/h2-6,9-10H,7-8H2,1H3. The molecule has 2 aromatic rings. The number of benzene rings is 1. The molecule has 0 spiro atoms. The summed E-state index contributed by atoms with van der Waals surface area (Å²) >= 11 is 0. The Morgan fingerprint density at radius 2 is 2.11 bits per heavy atom. The van der Waals surface area contributed by atoms with Gasteiger partial charge in [-0.25, -0.2) is 4.39 Å². The van der Waals surface area contributed by atoms with Crippen LogP contribution in [0.3, 0.4) is 0 Å². The van der Waals surface area contributed by atoms with Crippen LogP contribution in [0.5, 0.6) is 0 Å². The van der Waals surface area contributed by atoms with Crippen molar-refractivity contribution in [1.82, 2.24) is 4.98 Å². The van der Waals surface area contributed by atoms with E-state index in [1.165, 1.54) is 6.07 Å². The first-order valence-electron chi connectivity index (χ1n) is 5.86. The van der Waals surface area contributed by atoms with Crippen molar-refractivity contribution in [2.24, 2.45) is 0 Å². The number of Topliss-reactive ketones (excluding diaryl/α,β-unsaturated/α-hetero) is 1. The zero-order chi connectivity index (χ0) is 13.0. The Morgan fingerprint density at radius 1 is 1.28 bits per heavy atom. The third kappa shape index (κ3) is 3.00. The fourth-order valence-electron chi connectivity index (χ4n) is 1.70. The molecular weight excluding hydrogens is 229 g/mol. The van der Waals surface area contributed by atoms with Gasteiger partial charge in [0, 0.05) is 23.9 Å². The smallest absolute Gasteiger partial charge is 0.163 e. The molecule has 0 saturated carbocycles. The van der Waals surface area contributed by atoms with Gasteiger partial charge in [-0.15, -0.1) is 0 Å². The molecule has 1 heterocycles. The van der Waals surface area contributed by atoms with Gasteiger partial charge in [-0.05, 0) is 37.1 Å². The Bertz CT molecular complexity index is 552. The summed E-state index contributed by atoms with van der Waals surface area (Å²) in [5.41, 5.74) is 1.85. The lowest BCUT2D eigenvalue weighted by Crippen LogP contribution is -2.03. The van der Waals surface area contributed by atoms with E-state index in [2.05, 4.69) is 4.98 Å². The fourth-order valence-corrected chi connectivity index (χ4v) is 1.70. The highest BCUT2D eigenvalue weighted by Gasteiger charge is 2.08. The zero-order valence-electron chi connectivity index (χ0n) is 10.2. The summed E-state index contributed by atoms with van der Waals surface area (Å²) in [6, 6.07) is 10.2. The summed E-state index contributed by atoms with van der Waals surface area (Å²) in [7, 11) is 0. The highest BCUT2D eigenvalue weighted by molar-refractivity contribution is 5.96. The van der Waals surface area contributed by atoms with Gasteiger partial charge in [0.2, 0.25) is 0 Å². The van der Waals surface area contributed by atoms with Crippen molar-refractivity contribution in [3.63, 3.8) is 0 Å².